The zero-order chi connectivity index (χ0) is 17.6. The Hall–Kier alpha value is -3.01. The first-order valence-corrected chi connectivity index (χ1v) is 8.20. The van der Waals surface area contributed by atoms with E-state index in [1.165, 1.54) is 0 Å². The van der Waals surface area contributed by atoms with Crippen molar-refractivity contribution in [2.45, 2.75) is 6.42 Å². The zero-order valence-electron chi connectivity index (χ0n) is 14.4. The number of nitrogens with zero attached hydrogens (tertiary/aromatic N) is 1. The molecular weight excluding hydrogens is 314 g/mol. The molecule has 0 radical (unpaired) electrons. The summed E-state index contributed by atoms with van der Waals surface area (Å²) in [7, 11) is 3.15. The number of hydrogen-bond donors (Lipinski definition) is 0. The van der Waals surface area contributed by atoms with Gasteiger partial charge in [-0.2, -0.15) is 0 Å². The number of ether oxygens (including phenoxy) is 2. The number of allylic oxidation sites excluding steroid dienone is 2. The summed E-state index contributed by atoms with van der Waals surface area (Å²) >= 11 is 0. The highest BCUT2D eigenvalue weighted by atomic mass is 16.5. The van der Waals surface area contributed by atoms with Crippen LogP contribution in [-0.4, -0.2) is 31.6 Å². The van der Waals surface area contributed by atoms with Crippen LogP contribution in [0.1, 0.15) is 22.3 Å². The molecule has 25 heavy (non-hydrogen) atoms. The van der Waals surface area contributed by atoms with Crippen molar-refractivity contribution in [3.8, 4) is 11.5 Å². The number of amides is 1. The molecule has 1 heterocycles. The van der Waals surface area contributed by atoms with Crippen LogP contribution in [0.4, 0.5) is 0 Å². The summed E-state index contributed by atoms with van der Waals surface area (Å²) < 4.78 is 10.6. The summed E-state index contributed by atoms with van der Waals surface area (Å²) in [6.07, 6.45) is 6.88. The van der Waals surface area contributed by atoms with Gasteiger partial charge >= 0.3 is 0 Å². The molecule has 0 aromatic heterocycles. The monoisotopic (exact) mass is 335 g/mol. The highest BCUT2D eigenvalue weighted by molar-refractivity contribution is 6.00. The minimum absolute atomic E-state index is 0.0558. The first kappa shape index (κ1) is 16.8. The molecule has 4 heteroatoms. The predicted molar refractivity (Wildman–Crippen MR) is 98.8 cm³/mol. The van der Waals surface area contributed by atoms with Crippen molar-refractivity contribution in [3.63, 3.8) is 0 Å². The van der Waals surface area contributed by atoms with Crippen LogP contribution in [0.25, 0.3) is 5.70 Å². The van der Waals surface area contributed by atoms with Gasteiger partial charge in [-0.05, 0) is 36.3 Å². The van der Waals surface area contributed by atoms with Crippen LogP contribution in [0.15, 0.2) is 66.8 Å². The molecule has 0 aliphatic carbocycles. The largest absolute Gasteiger partial charge is 0.493 e. The molecule has 0 bridgehead atoms. The van der Waals surface area contributed by atoms with Crippen LogP contribution >= 0.6 is 0 Å². The maximum absolute atomic E-state index is 13.2. The van der Waals surface area contributed by atoms with E-state index in [0.29, 0.717) is 23.6 Å². The quantitative estimate of drug-likeness (QED) is 0.842. The summed E-state index contributed by atoms with van der Waals surface area (Å²) in [6.45, 7) is 0.629. The van der Waals surface area contributed by atoms with E-state index < -0.39 is 0 Å². The first-order valence-electron chi connectivity index (χ1n) is 8.20. The molecule has 0 saturated carbocycles. The standard InChI is InChI=1S/C21H21NO3/c1-24-19-13-12-17(15-20(19)25-2)21(23)22-14-8-4-7-11-18(22)16-9-5-3-6-10-16/h3-7,9-13,15H,8,14H2,1-2H3. The third kappa shape index (κ3) is 3.58. The van der Waals surface area contributed by atoms with E-state index in [9.17, 15) is 4.79 Å². The first-order chi connectivity index (χ1) is 12.2. The average molecular weight is 335 g/mol. The SMILES string of the molecule is COc1ccc(C(=O)N2CCC=CC=C2c2ccccc2)cc1OC. The van der Waals surface area contributed by atoms with Crippen molar-refractivity contribution >= 4 is 11.6 Å². The Morgan fingerprint density at radius 3 is 2.48 bits per heavy atom. The van der Waals surface area contributed by atoms with E-state index in [4.69, 9.17) is 9.47 Å². The molecule has 1 amide bonds. The van der Waals surface area contributed by atoms with Crippen LogP contribution in [0.5, 0.6) is 11.5 Å². The van der Waals surface area contributed by atoms with E-state index in [1.807, 2.05) is 47.4 Å². The fraction of sp³-hybridized carbons (Fsp3) is 0.190. The van der Waals surface area contributed by atoms with Crippen molar-refractivity contribution in [1.82, 2.24) is 4.90 Å². The second-order valence-electron chi connectivity index (χ2n) is 5.66. The second-order valence-corrected chi connectivity index (χ2v) is 5.66. The summed E-state index contributed by atoms with van der Waals surface area (Å²) in [5, 5.41) is 0. The lowest BCUT2D eigenvalue weighted by atomic mass is 10.1. The molecule has 4 nitrogen and oxygen atoms in total. The van der Waals surface area contributed by atoms with Crippen LogP contribution in [-0.2, 0) is 0 Å². The highest BCUT2D eigenvalue weighted by Gasteiger charge is 2.22. The molecule has 1 aliphatic heterocycles. The molecule has 128 valence electrons. The number of benzene rings is 2. The van der Waals surface area contributed by atoms with Crippen molar-refractivity contribution in [1.29, 1.82) is 0 Å². The normalized spacial score (nSPS) is 13.8. The van der Waals surface area contributed by atoms with E-state index in [-0.39, 0.29) is 5.91 Å². The average Bonchev–Trinajstić information content (AvgIpc) is 2.93. The zero-order valence-corrected chi connectivity index (χ0v) is 14.4. The summed E-state index contributed by atoms with van der Waals surface area (Å²) in [5.74, 6) is 1.10. The van der Waals surface area contributed by atoms with E-state index in [2.05, 4.69) is 6.08 Å². The maximum atomic E-state index is 13.2. The molecule has 1 aliphatic rings. The van der Waals surface area contributed by atoms with Crippen LogP contribution in [0.3, 0.4) is 0 Å². The minimum atomic E-state index is -0.0558. The van der Waals surface area contributed by atoms with Gasteiger partial charge in [-0.25, -0.2) is 0 Å². The molecule has 0 fully saturated rings. The Labute approximate surface area is 148 Å². The van der Waals surface area contributed by atoms with E-state index in [1.54, 1.807) is 32.4 Å². The molecule has 0 spiro atoms. The maximum Gasteiger partial charge on any atom is 0.258 e. The van der Waals surface area contributed by atoms with Gasteiger partial charge in [-0.3, -0.25) is 4.79 Å². The number of carbonyl (C=O) groups is 1. The Morgan fingerprint density at radius 1 is 1.00 bits per heavy atom. The summed E-state index contributed by atoms with van der Waals surface area (Å²) in [5.41, 5.74) is 2.48. The lowest BCUT2D eigenvalue weighted by Crippen LogP contribution is -2.30. The molecular formula is C21H21NO3. The Morgan fingerprint density at radius 2 is 1.76 bits per heavy atom. The molecule has 0 atom stereocenters. The predicted octanol–water partition coefficient (Wildman–Crippen LogP) is 4.15. The molecule has 0 saturated heterocycles. The number of hydrogen-bond acceptors (Lipinski definition) is 3. The molecule has 0 unspecified atom stereocenters. The van der Waals surface area contributed by atoms with Gasteiger partial charge in [0.2, 0.25) is 0 Å². The van der Waals surface area contributed by atoms with Gasteiger partial charge in [0, 0.05) is 12.1 Å². The van der Waals surface area contributed by atoms with Crippen LogP contribution in [0, 0.1) is 0 Å². The van der Waals surface area contributed by atoms with Crippen LogP contribution in [0.2, 0.25) is 0 Å². The summed E-state index contributed by atoms with van der Waals surface area (Å²) in [6, 6.07) is 15.2. The molecule has 2 aromatic rings. The lowest BCUT2D eigenvalue weighted by molar-refractivity contribution is 0.0837. The van der Waals surface area contributed by atoms with Gasteiger partial charge in [0.25, 0.3) is 5.91 Å². The fourth-order valence-electron chi connectivity index (χ4n) is 2.87. The smallest absolute Gasteiger partial charge is 0.258 e. The Bertz CT molecular complexity index is 809. The Balaban J connectivity index is 1.97. The molecule has 2 aromatic carbocycles. The van der Waals surface area contributed by atoms with Crippen molar-refractivity contribution < 1.29 is 14.3 Å². The fourth-order valence-corrected chi connectivity index (χ4v) is 2.87. The number of carbonyl (C=O) groups excluding carboxylic acids is 1. The van der Waals surface area contributed by atoms with Gasteiger partial charge in [0.1, 0.15) is 0 Å². The van der Waals surface area contributed by atoms with Gasteiger partial charge in [-0.1, -0.05) is 42.5 Å². The van der Waals surface area contributed by atoms with Gasteiger partial charge in [-0.15, -0.1) is 0 Å². The number of rotatable bonds is 4. The third-order valence-corrected chi connectivity index (χ3v) is 4.15. The second kappa shape index (κ2) is 7.71. The minimum Gasteiger partial charge on any atom is -0.493 e. The van der Waals surface area contributed by atoms with Crippen molar-refractivity contribution in [3.05, 3.63) is 77.9 Å². The Kier molecular flexibility index (Phi) is 5.19. The van der Waals surface area contributed by atoms with Crippen molar-refractivity contribution in [2.24, 2.45) is 0 Å². The third-order valence-electron chi connectivity index (χ3n) is 4.15. The van der Waals surface area contributed by atoms with Gasteiger partial charge < -0.3 is 14.4 Å². The molecule has 0 N–H and O–H groups in total. The number of methoxy groups -OCH3 is 2. The van der Waals surface area contributed by atoms with Crippen LogP contribution < -0.4 is 9.47 Å². The van der Waals surface area contributed by atoms with E-state index in [0.717, 1.165) is 17.7 Å². The highest BCUT2D eigenvalue weighted by Crippen LogP contribution is 2.30. The van der Waals surface area contributed by atoms with Gasteiger partial charge in [0.05, 0.1) is 19.9 Å². The van der Waals surface area contributed by atoms with Gasteiger partial charge in [0.15, 0.2) is 11.5 Å². The summed E-state index contributed by atoms with van der Waals surface area (Å²) in [4.78, 5) is 15.0. The topological polar surface area (TPSA) is 38.8 Å². The van der Waals surface area contributed by atoms with Crippen molar-refractivity contribution in [2.75, 3.05) is 20.8 Å². The van der Waals surface area contributed by atoms with E-state index >= 15 is 0 Å². The molecule has 3 rings (SSSR count). The lowest BCUT2D eigenvalue weighted by Gasteiger charge is -2.25.